The minimum atomic E-state index is 0.0251. The summed E-state index contributed by atoms with van der Waals surface area (Å²) >= 11 is 6.62. The molecule has 1 fully saturated rings. The molecule has 3 heterocycles. The zero-order chi connectivity index (χ0) is 21.2. The van der Waals surface area contributed by atoms with Crippen LogP contribution in [0.5, 0.6) is 5.88 Å². The summed E-state index contributed by atoms with van der Waals surface area (Å²) in [6.45, 7) is 5.36. The fourth-order valence-corrected chi connectivity index (χ4v) is 4.17. The molecule has 2 aromatic carbocycles. The van der Waals surface area contributed by atoms with E-state index in [-0.39, 0.29) is 6.10 Å². The Morgan fingerprint density at radius 1 is 1.10 bits per heavy atom. The number of nitrogens with zero attached hydrogens (tertiary/aromatic N) is 2. The molecule has 156 valence electrons. The van der Waals surface area contributed by atoms with Crippen molar-refractivity contribution in [2.45, 2.75) is 19.1 Å². The molecule has 5 rings (SSSR count). The Morgan fingerprint density at radius 3 is 2.55 bits per heavy atom. The van der Waals surface area contributed by atoms with E-state index in [1.165, 1.54) is 5.56 Å². The SMILES string of the molecule is C=NCc1c(O[C@H]2CCOC2)[nH]c2cc(Cl)c(-c3ccc(-c4ccccc4)cc3)nc12. The standard InChI is InChI=1S/C25H22ClN3O2/c1-27-14-20-24-22(28-25(20)31-19-11-12-30-15-19)13-21(26)23(29-24)18-9-7-17(8-10-18)16-5-3-2-4-6-16/h2-10,13,19,28H,1,11-12,14-15H2/t19-/m0/s1. The zero-order valence-corrected chi connectivity index (χ0v) is 17.7. The molecule has 0 aliphatic carbocycles. The van der Waals surface area contributed by atoms with Crippen LogP contribution in [-0.2, 0) is 11.3 Å². The molecule has 1 aliphatic heterocycles. The Morgan fingerprint density at radius 2 is 1.84 bits per heavy atom. The van der Waals surface area contributed by atoms with Crippen LogP contribution >= 0.6 is 11.6 Å². The molecule has 0 spiro atoms. The highest BCUT2D eigenvalue weighted by Crippen LogP contribution is 2.35. The molecule has 2 aromatic heterocycles. The molecule has 0 radical (unpaired) electrons. The molecule has 1 aliphatic rings. The van der Waals surface area contributed by atoms with Crippen molar-refractivity contribution in [3.8, 4) is 28.3 Å². The van der Waals surface area contributed by atoms with Crippen LogP contribution in [-0.4, -0.2) is 36.0 Å². The first kappa shape index (κ1) is 19.8. The average molecular weight is 432 g/mol. The summed E-state index contributed by atoms with van der Waals surface area (Å²) in [6.07, 6.45) is 0.890. The van der Waals surface area contributed by atoms with Crippen molar-refractivity contribution in [1.29, 1.82) is 0 Å². The second-order valence-electron chi connectivity index (χ2n) is 7.58. The third-order valence-corrected chi connectivity index (χ3v) is 5.78. The third-order valence-electron chi connectivity index (χ3n) is 5.49. The van der Waals surface area contributed by atoms with Crippen molar-refractivity contribution in [3.63, 3.8) is 0 Å². The Balaban J connectivity index is 1.53. The van der Waals surface area contributed by atoms with E-state index in [2.05, 4.69) is 41.0 Å². The molecule has 5 nitrogen and oxygen atoms in total. The monoisotopic (exact) mass is 431 g/mol. The van der Waals surface area contributed by atoms with Crippen LogP contribution in [0.3, 0.4) is 0 Å². The van der Waals surface area contributed by atoms with Gasteiger partial charge in [0.05, 0.1) is 47.1 Å². The van der Waals surface area contributed by atoms with Gasteiger partial charge in [0.15, 0.2) is 5.88 Å². The number of pyridine rings is 1. The van der Waals surface area contributed by atoms with Gasteiger partial charge in [-0.15, -0.1) is 0 Å². The number of aromatic nitrogens is 2. The maximum absolute atomic E-state index is 6.62. The Kier molecular flexibility index (Phi) is 5.45. The lowest BCUT2D eigenvalue weighted by atomic mass is 10.0. The highest BCUT2D eigenvalue weighted by atomic mass is 35.5. The highest BCUT2D eigenvalue weighted by molar-refractivity contribution is 6.33. The Labute approximate surface area is 185 Å². The van der Waals surface area contributed by atoms with Gasteiger partial charge in [-0.05, 0) is 23.9 Å². The van der Waals surface area contributed by atoms with Crippen molar-refractivity contribution in [2.24, 2.45) is 4.99 Å². The normalized spacial score (nSPS) is 16.0. The van der Waals surface area contributed by atoms with E-state index in [9.17, 15) is 0 Å². The largest absolute Gasteiger partial charge is 0.473 e. The Bertz CT molecular complexity index is 1210. The molecule has 0 bridgehead atoms. The van der Waals surface area contributed by atoms with Gasteiger partial charge in [-0.1, -0.05) is 66.2 Å². The van der Waals surface area contributed by atoms with Crippen LogP contribution in [0.2, 0.25) is 5.02 Å². The summed E-state index contributed by atoms with van der Waals surface area (Å²) in [5.74, 6) is 0.665. The van der Waals surface area contributed by atoms with E-state index in [0.717, 1.165) is 39.8 Å². The van der Waals surface area contributed by atoms with E-state index < -0.39 is 0 Å². The minimum absolute atomic E-state index is 0.0251. The molecule has 1 N–H and O–H groups in total. The van der Waals surface area contributed by atoms with Gasteiger partial charge in [-0.3, -0.25) is 4.99 Å². The number of fused-ring (bicyclic) bond motifs is 1. The van der Waals surface area contributed by atoms with Gasteiger partial charge in [-0.25, -0.2) is 4.98 Å². The fraction of sp³-hybridized carbons (Fsp3) is 0.200. The second-order valence-corrected chi connectivity index (χ2v) is 7.98. The molecule has 6 heteroatoms. The number of hydrogen-bond acceptors (Lipinski definition) is 4. The van der Waals surface area contributed by atoms with Gasteiger partial charge < -0.3 is 14.5 Å². The lowest BCUT2D eigenvalue weighted by Crippen LogP contribution is -2.16. The maximum atomic E-state index is 6.62. The van der Waals surface area contributed by atoms with Gasteiger partial charge in [0.25, 0.3) is 0 Å². The molecule has 1 atom stereocenters. The second kappa shape index (κ2) is 8.53. The number of H-pyrrole nitrogens is 1. The van der Waals surface area contributed by atoms with Crippen LogP contribution in [0.1, 0.15) is 12.0 Å². The molecule has 31 heavy (non-hydrogen) atoms. The average Bonchev–Trinajstić information content (AvgIpc) is 3.42. The number of hydrogen-bond donors (Lipinski definition) is 1. The number of halogens is 1. The number of aromatic amines is 1. The van der Waals surface area contributed by atoms with Gasteiger partial charge in [-0.2, -0.15) is 0 Å². The quantitative estimate of drug-likeness (QED) is 0.385. The van der Waals surface area contributed by atoms with Crippen LogP contribution < -0.4 is 4.74 Å². The molecule has 0 saturated carbocycles. The summed E-state index contributed by atoms with van der Waals surface area (Å²) in [7, 11) is 0. The molecular formula is C25H22ClN3O2. The number of benzene rings is 2. The summed E-state index contributed by atoms with van der Waals surface area (Å²) in [4.78, 5) is 12.3. The third kappa shape index (κ3) is 3.94. The van der Waals surface area contributed by atoms with Crippen molar-refractivity contribution >= 4 is 29.4 Å². The Hall–Kier alpha value is -3.15. The molecule has 0 amide bonds. The first-order valence-corrected chi connectivity index (χ1v) is 10.6. The van der Waals surface area contributed by atoms with E-state index in [1.807, 2.05) is 36.4 Å². The fourth-order valence-electron chi connectivity index (χ4n) is 3.90. The van der Waals surface area contributed by atoms with E-state index in [1.54, 1.807) is 0 Å². The van der Waals surface area contributed by atoms with Gasteiger partial charge in [0.2, 0.25) is 0 Å². The van der Waals surface area contributed by atoms with Gasteiger partial charge >= 0.3 is 0 Å². The smallest absolute Gasteiger partial charge is 0.199 e. The summed E-state index contributed by atoms with van der Waals surface area (Å²) in [5, 5.41) is 0.579. The minimum Gasteiger partial charge on any atom is -0.473 e. The van der Waals surface area contributed by atoms with Crippen LogP contribution in [0.4, 0.5) is 0 Å². The topological polar surface area (TPSA) is 59.5 Å². The first-order valence-electron chi connectivity index (χ1n) is 10.3. The summed E-state index contributed by atoms with van der Waals surface area (Å²) in [6, 6.07) is 20.4. The molecule has 1 saturated heterocycles. The van der Waals surface area contributed by atoms with Gasteiger partial charge in [0.1, 0.15) is 6.10 Å². The number of ether oxygens (including phenoxy) is 2. The van der Waals surface area contributed by atoms with Crippen molar-refractivity contribution < 1.29 is 9.47 Å². The lowest BCUT2D eigenvalue weighted by Gasteiger charge is -2.11. The van der Waals surface area contributed by atoms with Crippen molar-refractivity contribution in [2.75, 3.05) is 13.2 Å². The number of nitrogens with one attached hydrogen (secondary N) is 1. The van der Waals surface area contributed by atoms with E-state index >= 15 is 0 Å². The van der Waals surface area contributed by atoms with Crippen LogP contribution in [0, 0.1) is 0 Å². The number of rotatable bonds is 6. The zero-order valence-electron chi connectivity index (χ0n) is 17.0. The van der Waals surface area contributed by atoms with E-state index in [4.69, 9.17) is 26.1 Å². The van der Waals surface area contributed by atoms with Crippen molar-refractivity contribution in [1.82, 2.24) is 9.97 Å². The van der Waals surface area contributed by atoms with Crippen molar-refractivity contribution in [3.05, 3.63) is 71.2 Å². The molecule has 4 aromatic rings. The highest BCUT2D eigenvalue weighted by Gasteiger charge is 2.22. The maximum Gasteiger partial charge on any atom is 0.199 e. The van der Waals surface area contributed by atoms with Gasteiger partial charge in [0, 0.05) is 12.0 Å². The lowest BCUT2D eigenvalue weighted by molar-refractivity contribution is 0.138. The number of aliphatic imine (C=N–C) groups is 1. The van der Waals surface area contributed by atoms with Crippen LogP contribution in [0.15, 0.2) is 65.7 Å². The van der Waals surface area contributed by atoms with Crippen LogP contribution in [0.25, 0.3) is 33.4 Å². The predicted molar refractivity (Wildman–Crippen MR) is 125 cm³/mol. The summed E-state index contributed by atoms with van der Waals surface area (Å²) in [5.41, 5.74) is 6.51. The molecule has 0 unspecified atom stereocenters. The predicted octanol–water partition coefficient (Wildman–Crippen LogP) is 5.92. The molecular weight excluding hydrogens is 410 g/mol. The van der Waals surface area contributed by atoms with E-state index in [0.29, 0.717) is 30.7 Å². The summed E-state index contributed by atoms with van der Waals surface area (Å²) < 4.78 is 11.6. The first-order chi connectivity index (χ1) is 15.2.